The van der Waals surface area contributed by atoms with Gasteiger partial charge in [0.2, 0.25) is 0 Å². The molecule has 1 aromatic rings. The van der Waals surface area contributed by atoms with E-state index < -0.39 is 0 Å². The van der Waals surface area contributed by atoms with Crippen molar-refractivity contribution in [1.29, 1.82) is 0 Å². The smallest absolute Gasteiger partial charge is 0.255 e. The molecule has 1 aliphatic heterocycles. The highest BCUT2D eigenvalue weighted by Crippen LogP contribution is 2.27. The van der Waals surface area contributed by atoms with Gasteiger partial charge in [0.1, 0.15) is 0 Å². The lowest BCUT2D eigenvalue weighted by molar-refractivity contribution is 0.0608. The van der Waals surface area contributed by atoms with Gasteiger partial charge in [-0.25, -0.2) is 0 Å². The van der Waals surface area contributed by atoms with Crippen molar-refractivity contribution >= 4 is 49.4 Å². The third-order valence-corrected chi connectivity index (χ3v) is 4.86. The molecule has 0 radical (unpaired) electrons. The van der Waals surface area contributed by atoms with Gasteiger partial charge in [0, 0.05) is 27.4 Å². The molecule has 2 rings (SSSR count). The molecule has 1 aliphatic rings. The molecule has 1 atom stereocenters. The second-order valence-corrected chi connectivity index (χ2v) is 6.90. The number of benzene rings is 1. The molecule has 19 heavy (non-hydrogen) atoms. The summed E-state index contributed by atoms with van der Waals surface area (Å²) in [7, 11) is 0. The minimum atomic E-state index is 0.106. The van der Waals surface area contributed by atoms with E-state index in [1.54, 1.807) is 0 Å². The fourth-order valence-electron chi connectivity index (χ4n) is 2.51. The van der Waals surface area contributed by atoms with E-state index in [1.807, 2.05) is 23.1 Å². The Hall–Kier alpha value is -0.0600. The summed E-state index contributed by atoms with van der Waals surface area (Å²) in [4.78, 5) is 14.6. The van der Waals surface area contributed by atoms with E-state index in [9.17, 15) is 4.79 Å². The Morgan fingerprint density at radius 2 is 2.16 bits per heavy atom. The van der Waals surface area contributed by atoms with Gasteiger partial charge in [0.15, 0.2) is 0 Å². The highest BCUT2D eigenvalue weighted by molar-refractivity contribution is 9.11. The molecule has 0 spiro atoms. The number of hydrogen-bond acceptors (Lipinski definition) is 1. The maximum absolute atomic E-state index is 12.7. The lowest BCUT2D eigenvalue weighted by Gasteiger charge is -2.35. The zero-order chi connectivity index (χ0) is 13.8. The first-order chi connectivity index (χ1) is 9.13. The van der Waals surface area contributed by atoms with Gasteiger partial charge in [-0.15, -0.1) is 11.6 Å². The van der Waals surface area contributed by atoms with E-state index in [0.29, 0.717) is 5.88 Å². The highest BCUT2D eigenvalue weighted by atomic mass is 79.9. The average Bonchev–Trinajstić information content (AvgIpc) is 2.39. The fourth-order valence-corrected chi connectivity index (χ4v) is 3.98. The van der Waals surface area contributed by atoms with E-state index in [0.717, 1.165) is 40.3 Å². The normalized spacial score (nSPS) is 19.5. The monoisotopic (exact) mass is 407 g/mol. The minimum Gasteiger partial charge on any atom is -0.336 e. The van der Waals surface area contributed by atoms with Gasteiger partial charge in [0.25, 0.3) is 5.91 Å². The summed E-state index contributed by atoms with van der Waals surface area (Å²) >= 11 is 12.7. The van der Waals surface area contributed by atoms with Crippen LogP contribution in [-0.4, -0.2) is 29.3 Å². The Morgan fingerprint density at radius 1 is 1.37 bits per heavy atom. The van der Waals surface area contributed by atoms with E-state index in [2.05, 4.69) is 31.9 Å². The molecule has 1 aromatic carbocycles. The fraction of sp³-hybridized carbons (Fsp3) is 0.500. The number of carbonyl (C=O) groups excluding carboxylic acids is 1. The zero-order valence-electron chi connectivity index (χ0n) is 10.5. The number of carbonyl (C=O) groups is 1. The van der Waals surface area contributed by atoms with Crippen LogP contribution in [0.25, 0.3) is 0 Å². The van der Waals surface area contributed by atoms with Crippen molar-refractivity contribution in [2.75, 3.05) is 12.4 Å². The molecular formula is C14H16Br2ClNO. The number of halogens is 3. The lowest BCUT2D eigenvalue weighted by atomic mass is 9.99. The van der Waals surface area contributed by atoms with Crippen molar-refractivity contribution in [3.8, 4) is 0 Å². The Kier molecular flexibility index (Phi) is 5.72. The molecule has 1 saturated heterocycles. The average molecular weight is 410 g/mol. The van der Waals surface area contributed by atoms with Crippen molar-refractivity contribution in [3.63, 3.8) is 0 Å². The van der Waals surface area contributed by atoms with Gasteiger partial charge in [-0.1, -0.05) is 15.9 Å². The van der Waals surface area contributed by atoms with Crippen molar-refractivity contribution in [2.24, 2.45) is 0 Å². The second kappa shape index (κ2) is 7.09. The highest BCUT2D eigenvalue weighted by Gasteiger charge is 2.27. The molecule has 1 heterocycles. The Labute approximate surface area is 135 Å². The van der Waals surface area contributed by atoms with Crippen LogP contribution < -0.4 is 0 Å². The number of alkyl halides is 1. The van der Waals surface area contributed by atoms with Gasteiger partial charge in [-0.2, -0.15) is 0 Å². The van der Waals surface area contributed by atoms with Gasteiger partial charge in [-0.05, 0) is 59.8 Å². The number of hydrogen-bond donors (Lipinski definition) is 0. The second-order valence-electron chi connectivity index (χ2n) is 4.75. The van der Waals surface area contributed by atoms with Crippen LogP contribution in [0.2, 0.25) is 0 Å². The molecule has 0 N–H and O–H groups in total. The maximum atomic E-state index is 12.7. The molecular weight excluding hydrogens is 393 g/mol. The summed E-state index contributed by atoms with van der Waals surface area (Å²) in [5.41, 5.74) is 0.727. The molecule has 2 nitrogen and oxygen atoms in total. The largest absolute Gasteiger partial charge is 0.336 e. The van der Waals surface area contributed by atoms with Crippen molar-refractivity contribution in [2.45, 2.75) is 31.7 Å². The summed E-state index contributed by atoms with van der Waals surface area (Å²) in [5.74, 6) is 0.713. The summed E-state index contributed by atoms with van der Waals surface area (Å²) in [6.07, 6.45) is 4.21. The summed E-state index contributed by atoms with van der Waals surface area (Å²) < 4.78 is 1.80. The van der Waals surface area contributed by atoms with E-state index in [1.165, 1.54) is 6.42 Å². The first kappa shape index (κ1) is 15.3. The molecule has 1 fully saturated rings. The predicted octanol–water partition coefficient (Wildman–Crippen LogP) is 4.84. The van der Waals surface area contributed by atoms with Crippen molar-refractivity contribution < 1.29 is 4.79 Å². The number of nitrogens with zero attached hydrogens (tertiary/aromatic N) is 1. The minimum absolute atomic E-state index is 0.106. The van der Waals surface area contributed by atoms with Crippen molar-refractivity contribution in [1.82, 2.24) is 4.90 Å². The van der Waals surface area contributed by atoms with Gasteiger partial charge >= 0.3 is 0 Å². The van der Waals surface area contributed by atoms with Crippen LogP contribution in [-0.2, 0) is 0 Å². The number of rotatable bonds is 3. The van der Waals surface area contributed by atoms with Gasteiger partial charge < -0.3 is 4.90 Å². The Balaban J connectivity index is 2.21. The Bertz CT molecular complexity index is 465. The summed E-state index contributed by atoms with van der Waals surface area (Å²) in [6, 6.07) is 5.96. The molecule has 104 valence electrons. The van der Waals surface area contributed by atoms with Crippen LogP contribution >= 0.6 is 43.5 Å². The summed E-state index contributed by atoms with van der Waals surface area (Å²) in [6.45, 7) is 0.836. The van der Waals surface area contributed by atoms with E-state index in [4.69, 9.17) is 11.6 Å². The van der Waals surface area contributed by atoms with Gasteiger partial charge in [-0.3, -0.25) is 4.79 Å². The Morgan fingerprint density at radius 3 is 2.84 bits per heavy atom. The maximum Gasteiger partial charge on any atom is 0.255 e. The zero-order valence-corrected chi connectivity index (χ0v) is 14.5. The molecule has 1 unspecified atom stereocenters. The molecule has 0 aliphatic carbocycles. The lowest BCUT2D eigenvalue weighted by Crippen LogP contribution is -2.44. The number of likely N-dealkylation sites (tertiary alicyclic amines) is 1. The topological polar surface area (TPSA) is 20.3 Å². The summed E-state index contributed by atoms with van der Waals surface area (Å²) in [5, 5.41) is 0. The van der Waals surface area contributed by atoms with Crippen molar-refractivity contribution in [3.05, 3.63) is 32.7 Å². The molecule has 5 heteroatoms. The first-order valence-corrected chi connectivity index (χ1v) is 8.57. The van der Waals surface area contributed by atoms with Crippen LogP contribution in [0.5, 0.6) is 0 Å². The molecule has 0 bridgehead atoms. The van der Waals surface area contributed by atoms with E-state index >= 15 is 0 Å². The SMILES string of the molecule is O=C(c1ccc(Br)cc1Br)N1CCCCC1CCCl. The van der Waals surface area contributed by atoms with E-state index in [-0.39, 0.29) is 11.9 Å². The van der Waals surface area contributed by atoms with Crippen LogP contribution in [0.3, 0.4) is 0 Å². The molecule has 0 aromatic heterocycles. The number of amides is 1. The standard InChI is InChI=1S/C14H16Br2ClNO/c15-10-4-5-12(13(16)9-10)14(19)18-8-2-1-3-11(18)6-7-17/h4-5,9,11H,1-3,6-8H2. The molecule has 0 saturated carbocycles. The third-order valence-electron chi connectivity index (χ3n) is 3.49. The van der Waals surface area contributed by atoms with Crippen LogP contribution in [0.1, 0.15) is 36.0 Å². The van der Waals surface area contributed by atoms with Crippen LogP contribution in [0.15, 0.2) is 27.1 Å². The third kappa shape index (κ3) is 3.73. The first-order valence-electron chi connectivity index (χ1n) is 6.45. The van der Waals surface area contributed by atoms with Crippen LogP contribution in [0, 0.1) is 0 Å². The van der Waals surface area contributed by atoms with Gasteiger partial charge in [0.05, 0.1) is 5.56 Å². The quantitative estimate of drug-likeness (QED) is 0.655. The van der Waals surface area contributed by atoms with Crippen LogP contribution in [0.4, 0.5) is 0 Å². The number of piperidine rings is 1. The molecule has 1 amide bonds. The predicted molar refractivity (Wildman–Crippen MR) is 85.9 cm³/mol.